The minimum Gasteiger partial charge on any atom is -0.419 e. The molecule has 0 fully saturated rings. The van der Waals surface area contributed by atoms with Crippen LogP contribution in [0.15, 0.2) is 51.1 Å². The van der Waals surface area contributed by atoms with Crippen LogP contribution in [-0.2, 0) is 12.4 Å². The maximum absolute atomic E-state index is 8.99. The summed E-state index contributed by atoms with van der Waals surface area (Å²) in [6.07, 6.45) is 0. The molecule has 0 radical (unpaired) electrons. The molecule has 0 aliphatic heterocycles. The van der Waals surface area contributed by atoms with Crippen LogP contribution in [0.3, 0.4) is 0 Å². The summed E-state index contributed by atoms with van der Waals surface area (Å²) < 4.78 is 5.62. The van der Waals surface area contributed by atoms with E-state index in [1.54, 1.807) is 23.1 Å². The van der Waals surface area contributed by atoms with E-state index in [2.05, 4.69) is 10.2 Å². The Labute approximate surface area is 124 Å². The van der Waals surface area contributed by atoms with E-state index in [4.69, 9.17) is 9.52 Å². The van der Waals surface area contributed by atoms with Crippen molar-refractivity contribution in [1.29, 1.82) is 0 Å². The SMILES string of the molecule is OCc1ccc(SCc2nnc(-c3cccs3)o2)cc1. The third-order valence-electron chi connectivity index (χ3n) is 2.67. The summed E-state index contributed by atoms with van der Waals surface area (Å²) in [5.74, 6) is 1.83. The maximum atomic E-state index is 8.99. The van der Waals surface area contributed by atoms with Crippen LogP contribution in [-0.4, -0.2) is 15.3 Å². The van der Waals surface area contributed by atoms with Gasteiger partial charge in [-0.25, -0.2) is 0 Å². The number of thiophene rings is 1. The van der Waals surface area contributed by atoms with Crippen LogP contribution in [0.1, 0.15) is 11.5 Å². The first-order valence-electron chi connectivity index (χ1n) is 6.04. The minimum atomic E-state index is 0.0682. The van der Waals surface area contributed by atoms with Crippen molar-refractivity contribution >= 4 is 23.1 Å². The second-order valence-corrected chi connectivity index (χ2v) is 6.07. The summed E-state index contributed by atoms with van der Waals surface area (Å²) >= 11 is 3.21. The van der Waals surface area contributed by atoms with E-state index in [-0.39, 0.29) is 6.61 Å². The summed E-state index contributed by atoms with van der Waals surface area (Å²) in [5, 5.41) is 19.1. The first-order valence-corrected chi connectivity index (χ1v) is 7.90. The Hall–Kier alpha value is -1.63. The summed E-state index contributed by atoms with van der Waals surface area (Å²) in [6, 6.07) is 11.7. The lowest BCUT2D eigenvalue weighted by atomic mass is 10.2. The molecule has 102 valence electrons. The monoisotopic (exact) mass is 304 g/mol. The predicted molar refractivity (Wildman–Crippen MR) is 79.5 cm³/mol. The molecule has 0 aliphatic rings. The zero-order chi connectivity index (χ0) is 13.8. The summed E-state index contributed by atoms with van der Waals surface area (Å²) in [4.78, 5) is 2.10. The Morgan fingerprint density at radius 2 is 2.00 bits per heavy atom. The molecule has 0 atom stereocenters. The second kappa shape index (κ2) is 6.21. The first-order chi connectivity index (χ1) is 9.85. The van der Waals surface area contributed by atoms with Gasteiger partial charge in [0.25, 0.3) is 5.89 Å². The van der Waals surface area contributed by atoms with Crippen molar-refractivity contribution in [3.63, 3.8) is 0 Å². The number of aliphatic hydroxyl groups excluding tert-OH is 1. The average molecular weight is 304 g/mol. The Kier molecular flexibility index (Phi) is 4.15. The molecule has 4 nitrogen and oxygen atoms in total. The highest BCUT2D eigenvalue weighted by molar-refractivity contribution is 7.98. The lowest BCUT2D eigenvalue weighted by Gasteiger charge is -2.00. The Bertz CT molecular complexity index is 663. The van der Waals surface area contributed by atoms with Gasteiger partial charge in [0, 0.05) is 4.90 Å². The van der Waals surface area contributed by atoms with Crippen molar-refractivity contribution in [3.05, 3.63) is 53.2 Å². The number of hydrogen-bond acceptors (Lipinski definition) is 6. The predicted octanol–water partition coefficient (Wildman–Crippen LogP) is 3.58. The Morgan fingerprint density at radius 1 is 1.15 bits per heavy atom. The molecule has 0 spiro atoms. The molecule has 1 aromatic carbocycles. The molecule has 3 rings (SSSR count). The summed E-state index contributed by atoms with van der Waals surface area (Å²) in [6.45, 7) is 0.0682. The van der Waals surface area contributed by atoms with Crippen molar-refractivity contribution in [3.8, 4) is 10.8 Å². The van der Waals surface area contributed by atoms with Crippen LogP contribution in [0.4, 0.5) is 0 Å². The average Bonchev–Trinajstić information content (AvgIpc) is 3.16. The van der Waals surface area contributed by atoms with E-state index < -0.39 is 0 Å². The molecule has 2 heterocycles. The van der Waals surface area contributed by atoms with E-state index >= 15 is 0 Å². The fraction of sp³-hybridized carbons (Fsp3) is 0.143. The van der Waals surface area contributed by atoms with Crippen LogP contribution >= 0.6 is 23.1 Å². The first kappa shape index (κ1) is 13.4. The van der Waals surface area contributed by atoms with Gasteiger partial charge in [0.05, 0.1) is 17.2 Å². The van der Waals surface area contributed by atoms with Crippen molar-refractivity contribution in [1.82, 2.24) is 10.2 Å². The number of rotatable bonds is 5. The zero-order valence-electron chi connectivity index (χ0n) is 10.5. The van der Waals surface area contributed by atoms with Crippen LogP contribution in [0.2, 0.25) is 0 Å². The molecular formula is C14H12N2O2S2. The molecule has 0 amide bonds. The van der Waals surface area contributed by atoms with Crippen LogP contribution < -0.4 is 0 Å². The summed E-state index contributed by atoms with van der Waals surface area (Å²) in [5.41, 5.74) is 0.909. The Balaban J connectivity index is 1.63. The third kappa shape index (κ3) is 3.09. The largest absolute Gasteiger partial charge is 0.419 e. The van der Waals surface area contributed by atoms with Gasteiger partial charge < -0.3 is 9.52 Å². The van der Waals surface area contributed by atoms with E-state index in [0.717, 1.165) is 15.3 Å². The van der Waals surface area contributed by atoms with Gasteiger partial charge in [0.15, 0.2) is 0 Å². The smallest absolute Gasteiger partial charge is 0.257 e. The minimum absolute atomic E-state index is 0.0682. The fourth-order valence-corrected chi connectivity index (χ4v) is 3.03. The highest BCUT2D eigenvalue weighted by Crippen LogP contribution is 2.26. The van der Waals surface area contributed by atoms with Gasteiger partial charge in [0.2, 0.25) is 5.89 Å². The van der Waals surface area contributed by atoms with Gasteiger partial charge in [0.1, 0.15) is 0 Å². The van der Waals surface area contributed by atoms with Crippen LogP contribution in [0, 0.1) is 0 Å². The molecule has 0 saturated carbocycles. The summed E-state index contributed by atoms with van der Waals surface area (Å²) in [7, 11) is 0. The van der Waals surface area contributed by atoms with Crippen molar-refractivity contribution in [2.24, 2.45) is 0 Å². The normalized spacial score (nSPS) is 10.8. The number of aliphatic hydroxyl groups is 1. The molecule has 3 aromatic rings. The molecule has 0 aliphatic carbocycles. The number of benzene rings is 1. The van der Waals surface area contributed by atoms with Gasteiger partial charge in [-0.05, 0) is 29.1 Å². The third-order valence-corrected chi connectivity index (χ3v) is 4.52. The van der Waals surface area contributed by atoms with E-state index in [9.17, 15) is 0 Å². The van der Waals surface area contributed by atoms with Crippen molar-refractivity contribution < 1.29 is 9.52 Å². The topological polar surface area (TPSA) is 59.2 Å². The van der Waals surface area contributed by atoms with Gasteiger partial charge in [-0.1, -0.05) is 18.2 Å². The van der Waals surface area contributed by atoms with E-state index in [1.807, 2.05) is 41.8 Å². The molecule has 0 bridgehead atoms. The molecule has 2 aromatic heterocycles. The molecule has 6 heteroatoms. The molecule has 20 heavy (non-hydrogen) atoms. The maximum Gasteiger partial charge on any atom is 0.257 e. The van der Waals surface area contributed by atoms with Gasteiger partial charge in [-0.15, -0.1) is 33.3 Å². The number of nitrogens with zero attached hydrogens (tertiary/aromatic N) is 2. The van der Waals surface area contributed by atoms with Crippen molar-refractivity contribution in [2.75, 3.05) is 0 Å². The number of aromatic nitrogens is 2. The number of thioether (sulfide) groups is 1. The van der Waals surface area contributed by atoms with Crippen LogP contribution in [0.25, 0.3) is 10.8 Å². The van der Waals surface area contributed by atoms with Crippen molar-refractivity contribution in [2.45, 2.75) is 17.3 Å². The zero-order valence-corrected chi connectivity index (χ0v) is 12.2. The standard InChI is InChI=1S/C14H12N2O2S2/c17-8-10-3-5-11(6-4-10)20-9-13-15-16-14(18-13)12-2-1-7-19-12/h1-7,17H,8-9H2. The second-order valence-electron chi connectivity index (χ2n) is 4.07. The Morgan fingerprint density at radius 3 is 2.70 bits per heavy atom. The molecule has 0 saturated heterocycles. The lowest BCUT2D eigenvalue weighted by Crippen LogP contribution is -1.83. The van der Waals surface area contributed by atoms with E-state index in [1.165, 1.54) is 0 Å². The van der Waals surface area contributed by atoms with E-state index in [0.29, 0.717) is 17.5 Å². The van der Waals surface area contributed by atoms with Crippen LogP contribution in [0.5, 0.6) is 0 Å². The van der Waals surface area contributed by atoms with Gasteiger partial charge in [-0.2, -0.15) is 0 Å². The van der Waals surface area contributed by atoms with Gasteiger partial charge in [-0.3, -0.25) is 0 Å². The lowest BCUT2D eigenvalue weighted by molar-refractivity contribution is 0.282. The molecule has 1 N–H and O–H groups in total. The van der Waals surface area contributed by atoms with Gasteiger partial charge >= 0.3 is 0 Å². The highest BCUT2D eigenvalue weighted by Gasteiger charge is 2.09. The molecule has 0 unspecified atom stereocenters. The highest BCUT2D eigenvalue weighted by atomic mass is 32.2. The number of hydrogen-bond donors (Lipinski definition) is 1. The molecular weight excluding hydrogens is 292 g/mol. The quantitative estimate of drug-likeness (QED) is 0.730. The fourth-order valence-electron chi connectivity index (χ4n) is 1.65.